The third-order valence-corrected chi connectivity index (χ3v) is 11.5. The number of ketones is 2. The van der Waals surface area contributed by atoms with E-state index in [-0.39, 0.29) is 24.0 Å². The molecule has 1 aromatic carbocycles. The van der Waals surface area contributed by atoms with Crippen LogP contribution in [0.25, 0.3) is 12.2 Å². The van der Waals surface area contributed by atoms with Gasteiger partial charge in [0.2, 0.25) is 0 Å². The molecule has 4 unspecified atom stereocenters. The van der Waals surface area contributed by atoms with Crippen LogP contribution in [0.15, 0.2) is 35.4 Å². The Balaban J connectivity index is 0.00000304. The number of Topliss-reactive ketones (excluding diaryl/α,β-unsaturated/α-hetero) is 2. The summed E-state index contributed by atoms with van der Waals surface area (Å²) in [7, 11) is -4.52. The van der Waals surface area contributed by atoms with Crippen LogP contribution in [-0.4, -0.2) is 30.3 Å². The van der Waals surface area contributed by atoms with Gasteiger partial charge < -0.3 is 4.55 Å². The molecule has 4 fully saturated rings. The van der Waals surface area contributed by atoms with Crippen LogP contribution in [0.4, 0.5) is 0 Å². The number of rotatable bonds is 5. The Morgan fingerprint density at radius 1 is 0.857 bits per heavy atom. The first-order valence-electron chi connectivity index (χ1n) is 12.8. The number of benzene rings is 1. The summed E-state index contributed by atoms with van der Waals surface area (Å²) in [4.78, 5) is 26.8. The molecule has 0 aromatic heterocycles. The Kier molecular flexibility index (Phi) is 5.27. The van der Waals surface area contributed by atoms with Gasteiger partial charge in [0.05, 0.1) is 21.3 Å². The summed E-state index contributed by atoms with van der Waals surface area (Å²) in [6, 6.07) is 7.85. The van der Waals surface area contributed by atoms with Crippen molar-refractivity contribution in [3.63, 3.8) is 0 Å². The SMILES string of the molecule is CCC12CCC(/C(=C\c3ccc(/C=C4/C(=O)C5(CS(=O)(=O)[O-])CCC4C5(C)C)cc3)C1=O)C2(C)C.[H+]. The Hall–Kier alpha value is -2.05. The van der Waals surface area contributed by atoms with Gasteiger partial charge in [-0.1, -0.05) is 58.9 Å². The second-order valence-electron chi connectivity index (χ2n) is 12.4. The molecule has 35 heavy (non-hydrogen) atoms. The summed E-state index contributed by atoms with van der Waals surface area (Å²) < 4.78 is 34.9. The van der Waals surface area contributed by atoms with Gasteiger partial charge >= 0.3 is 1.43 Å². The molecule has 0 N–H and O–H groups in total. The summed E-state index contributed by atoms with van der Waals surface area (Å²) in [5.41, 5.74) is 1.46. The number of carbonyl (C=O) groups excluding carboxylic acids is 2. The van der Waals surface area contributed by atoms with Crippen LogP contribution < -0.4 is 0 Å². The molecule has 5 nitrogen and oxygen atoms in total. The highest BCUT2D eigenvalue weighted by Crippen LogP contribution is 2.68. The third-order valence-electron chi connectivity index (χ3n) is 10.7. The lowest BCUT2D eigenvalue weighted by molar-refractivity contribution is -0.127. The zero-order valence-electron chi connectivity index (χ0n) is 22.3. The van der Waals surface area contributed by atoms with E-state index in [0.717, 1.165) is 36.0 Å². The lowest BCUT2D eigenvalue weighted by Gasteiger charge is -2.36. The molecule has 0 spiro atoms. The summed E-state index contributed by atoms with van der Waals surface area (Å²) in [5, 5.41) is 0. The van der Waals surface area contributed by atoms with Crippen molar-refractivity contribution in [1.29, 1.82) is 0 Å². The van der Waals surface area contributed by atoms with E-state index < -0.39 is 26.7 Å². The van der Waals surface area contributed by atoms with E-state index in [1.165, 1.54) is 0 Å². The van der Waals surface area contributed by atoms with Gasteiger partial charge in [-0.05, 0) is 83.6 Å². The Bertz CT molecular complexity index is 1290. The van der Waals surface area contributed by atoms with Crippen molar-refractivity contribution in [2.24, 2.45) is 33.5 Å². The second-order valence-corrected chi connectivity index (χ2v) is 13.8. The van der Waals surface area contributed by atoms with E-state index in [2.05, 4.69) is 20.8 Å². The zero-order chi connectivity index (χ0) is 25.6. The van der Waals surface area contributed by atoms with Crippen molar-refractivity contribution in [3.05, 3.63) is 46.5 Å². The summed E-state index contributed by atoms with van der Waals surface area (Å²) >= 11 is 0. The molecule has 1 aromatic rings. The number of fused-ring (bicyclic) bond motifs is 4. The van der Waals surface area contributed by atoms with Crippen molar-refractivity contribution in [2.75, 3.05) is 5.75 Å². The molecule has 0 aliphatic heterocycles. The molecule has 4 saturated carbocycles. The van der Waals surface area contributed by atoms with Crippen molar-refractivity contribution in [2.45, 2.75) is 66.7 Å². The Morgan fingerprint density at radius 2 is 1.26 bits per heavy atom. The minimum atomic E-state index is -4.52. The van der Waals surface area contributed by atoms with Crippen molar-refractivity contribution < 1.29 is 24.0 Å². The quantitative estimate of drug-likeness (QED) is 0.395. The topological polar surface area (TPSA) is 91.3 Å². The number of hydrogen-bond donors (Lipinski definition) is 0. The van der Waals surface area contributed by atoms with Crippen LogP contribution in [0.5, 0.6) is 0 Å². The molecule has 4 aliphatic rings. The van der Waals surface area contributed by atoms with Crippen LogP contribution in [0.3, 0.4) is 0 Å². The molecule has 4 bridgehead atoms. The summed E-state index contributed by atoms with van der Waals surface area (Å²) in [6.07, 6.45) is 7.97. The van der Waals surface area contributed by atoms with Gasteiger partial charge in [0.25, 0.3) is 0 Å². The molecule has 4 atom stereocenters. The highest BCUT2D eigenvalue weighted by molar-refractivity contribution is 7.85. The highest BCUT2D eigenvalue weighted by atomic mass is 32.2. The normalized spacial score (nSPS) is 37.2. The molecule has 188 valence electrons. The number of hydrogen-bond acceptors (Lipinski definition) is 5. The predicted octanol–water partition coefficient (Wildman–Crippen LogP) is 5.53. The maximum Gasteiger partial charge on any atom is 1.00 e. The van der Waals surface area contributed by atoms with Gasteiger partial charge in [-0.3, -0.25) is 9.59 Å². The fourth-order valence-corrected chi connectivity index (χ4v) is 9.63. The second kappa shape index (κ2) is 7.48. The van der Waals surface area contributed by atoms with E-state index >= 15 is 0 Å². The lowest BCUT2D eigenvalue weighted by Crippen LogP contribution is -2.42. The van der Waals surface area contributed by atoms with Gasteiger partial charge in [-0.15, -0.1) is 0 Å². The van der Waals surface area contributed by atoms with Crippen molar-refractivity contribution in [3.8, 4) is 0 Å². The first-order chi connectivity index (χ1) is 16.2. The molecule has 0 radical (unpaired) electrons. The zero-order valence-corrected chi connectivity index (χ0v) is 22.1. The van der Waals surface area contributed by atoms with E-state index in [9.17, 15) is 22.6 Å². The summed E-state index contributed by atoms with van der Waals surface area (Å²) in [5.74, 6) is -0.279. The van der Waals surface area contributed by atoms with Gasteiger partial charge in [-0.2, -0.15) is 0 Å². The number of allylic oxidation sites excluding steroid dienone is 2. The molecule has 6 heteroatoms. The van der Waals surface area contributed by atoms with Gasteiger partial charge in [0.15, 0.2) is 11.6 Å². The molecule has 5 rings (SSSR count). The van der Waals surface area contributed by atoms with Gasteiger partial charge in [-0.25, -0.2) is 8.42 Å². The molecule has 4 aliphatic carbocycles. The molecular formula is C29H36O5S. The smallest absolute Gasteiger partial charge is 0.748 e. The first kappa shape index (κ1) is 24.6. The van der Waals surface area contributed by atoms with E-state index in [1.807, 2.05) is 50.3 Å². The maximum atomic E-state index is 13.4. The third kappa shape index (κ3) is 3.18. The van der Waals surface area contributed by atoms with Crippen LogP contribution in [0, 0.1) is 33.5 Å². The first-order valence-corrected chi connectivity index (χ1v) is 14.3. The average molecular weight is 497 g/mol. The molecule has 0 amide bonds. The minimum absolute atomic E-state index is 0. The minimum Gasteiger partial charge on any atom is -0.748 e. The Labute approximate surface area is 210 Å². The van der Waals surface area contributed by atoms with Gasteiger partial charge in [0, 0.05) is 11.0 Å². The number of carbonyl (C=O) groups is 2. The fraction of sp³-hybridized carbons (Fsp3) is 0.586. The largest absolute Gasteiger partial charge is 1.00 e. The standard InChI is InChI=1S/C29H36O5S/c1-6-28-13-11-22(26(28,2)3)20(24(28)30)15-18-7-9-19(10-8-18)16-21-23-12-14-29(25(21)31,27(23,4)5)17-35(32,33)34/h7-10,15-16,22-23H,6,11-14,17H2,1-5H3,(H,32,33,34)/b20-15+,21-16+. The fourth-order valence-electron chi connectivity index (χ4n) is 8.38. The average Bonchev–Trinajstić information content (AvgIpc) is 3.28. The van der Waals surface area contributed by atoms with Crippen LogP contribution in [-0.2, 0) is 19.7 Å². The van der Waals surface area contributed by atoms with Crippen LogP contribution in [0.1, 0.15) is 79.3 Å². The highest BCUT2D eigenvalue weighted by Gasteiger charge is 2.67. The monoisotopic (exact) mass is 496 g/mol. The molecular weight excluding hydrogens is 460 g/mol. The van der Waals surface area contributed by atoms with E-state index in [4.69, 9.17) is 0 Å². The van der Waals surface area contributed by atoms with Crippen molar-refractivity contribution >= 4 is 33.8 Å². The Morgan fingerprint density at radius 3 is 1.66 bits per heavy atom. The molecule has 0 saturated heterocycles. The summed E-state index contributed by atoms with van der Waals surface area (Å²) in [6.45, 7) is 10.4. The maximum absolute atomic E-state index is 13.4. The predicted molar refractivity (Wildman–Crippen MR) is 136 cm³/mol. The van der Waals surface area contributed by atoms with E-state index in [1.54, 1.807) is 0 Å². The van der Waals surface area contributed by atoms with Crippen LogP contribution in [0.2, 0.25) is 0 Å². The van der Waals surface area contributed by atoms with Crippen LogP contribution >= 0.6 is 0 Å². The van der Waals surface area contributed by atoms with Crippen molar-refractivity contribution in [1.82, 2.24) is 0 Å². The molecule has 0 heterocycles. The lowest BCUT2D eigenvalue weighted by atomic mass is 9.67. The van der Waals surface area contributed by atoms with Gasteiger partial charge in [0.1, 0.15) is 0 Å². The van der Waals surface area contributed by atoms with E-state index in [0.29, 0.717) is 30.1 Å².